The van der Waals surface area contributed by atoms with E-state index in [0.717, 1.165) is 6.08 Å². The fourth-order valence-corrected chi connectivity index (χ4v) is 5.96. The highest BCUT2D eigenvalue weighted by Crippen LogP contribution is 2.51. The molecule has 0 aromatic carbocycles. The summed E-state index contributed by atoms with van der Waals surface area (Å²) in [7, 11) is 0. The highest BCUT2D eigenvalue weighted by Gasteiger charge is 2.49. The lowest BCUT2D eigenvalue weighted by Gasteiger charge is -2.34. The van der Waals surface area contributed by atoms with Crippen molar-refractivity contribution in [3.05, 3.63) is 33.3 Å². The maximum Gasteiger partial charge on any atom is 0.412 e. The van der Waals surface area contributed by atoms with Gasteiger partial charge in [0.25, 0.3) is 0 Å². The first kappa shape index (κ1) is 31.4. The topological polar surface area (TPSA) is 117 Å². The van der Waals surface area contributed by atoms with Crippen molar-refractivity contribution in [2.75, 3.05) is 0 Å². The molecule has 2 aliphatic rings. The van der Waals surface area contributed by atoms with Crippen LogP contribution >= 0.6 is 11.3 Å². The van der Waals surface area contributed by atoms with E-state index in [4.69, 9.17) is 4.74 Å². The first-order chi connectivity index (χ1) is 18.1. The van der Waals surface area contributed by atoms with Crippen molar-refractivity contribution in [2.24, 2.45) is 29.1 Å². The van der Waals surface area contributed by atoms with E-state index in [-0.39, 0.29) is 31.3 Å². The molecule has 7 nitrogen and oxygen atoms in total. The largest absolute Gasteiger partial charge is 0.457 e. The lowest BCUT2D eigenvalue weighted by molar-refractivity contribution is -0.154. The van der Waals surface area contributed by atoms with Gasteiger partial charge in [-0.1, -0.05) is 33.8 Å². The van der Waals surface area contributed by atoms with Crippen LogP contribution in [-0.2, 0) is 20.9 Å². The van der Waals surface area contributed by atoms with Crippen molar-refractivity contribution in [1.82, 2.24) is 4.98 Å². The lowest BCUT2D eigenvalue weighted by Crippen LogP contribution is -2.46. The number of aromatic nitrogens is 1. The van der Waals surface area contributed by atoms with Crippen LogP contribution in [0.15, 0.2) is 22.6 Å². The Bertz CT molecular complexity index is 1110. The van der Waals surface area contributed by atoms with Gasteiger partial charge in [-0.15, -0.1) is 11.3 Å². The molecule has 7 atom stereocenters. The minimum absolute atomic E-state index is 0.164. The molecule has 218 valence electrons. The van der Waals surface area contributed by atoms with E-state index in [1.165, 1.54) is 25.2 Å². The Morgan fingerprint density at radius 1 is 1.23 bits per heavy atom. The molecule has 2 heterocycles. The summed E-state index contributed by atoms with van der Waals surface area (Å²) in [6.07, 6.45) is -6.04. The summed E-state index contributed by atoms with van der Waals surface area (Å²) in [5.74, 6) is -3.05. The maximum atomic E-state index is 14.0. The second-order valence-electron chi connectivity index (χ2n) is 11.5. The smallest absolute Gasteiger partial charge is 0.412 e. The summed E-state index contributed by atoms with van der Waals surface area (Å²) in [6, 6.07) is 0. The first-order valence-electron chi connectivity index (χ1n) is 13.2. The number of carbonyl (C=O) groups excluding carboxylic acids is 2. The third kappa shape index (κ3) is 7.56. The van der Waals surface area contributed by atoms with Crippen LogP contribution in [0.3, 0.4) is 0 Å². The second-order valence-corrected chi connectivity index (χ2v) is 12.4. The lowest BCUT2D eigenvalue weighted by atomic mass is 9.72. The molecule has 0 radical (unpaired) electrons. The molecule has 1 aliphatic heterocycles. The molecular formula is C28H38F3NO6S. The van der Waals surface area contributed by atoms with Gasteiger partial charge in [0.1, 0.15) is 16.9 Å². The molecule has 0 spiro atoms. The summed E-state index contributed by atoms with van der Waals surface area (Å²) < 4.78 is 47.5. The Kier molecular flexibility index (Phi) is 9.84. The number of nitrogens with zero attached hydrogens (tertiary/aromatic N) is 1. The number of rotatable bonds is 3. The van der Waals surface area contributed by atoms with Crippen LogP contribution in [-0.4, -0.2) is 56.5 Å². The number of halogens is 3. The number of hydrogen-bond acceptors (Lipinski definition) is 8. The van der Waals surface area contributed by atoms with Crippen molar-refractivity contribution in [2.45, 2.75) is 91.4 Å². The Morgan fingerprint density at radius 2 is 1.90 bits per heavy atom. The normalized spacial score (nSPS) is 34.6. The van der Waals surface area contributed by atoms with Crippen molar-refractivity contribution < 1.29 is 42.8 Å². The Hall–Kier alpha value is -2.08. The van der Waals surface area contributed by atoms with Gasteiger partial charge >= 0.3 is 12.1 Å². The monoisotopic (exact) mass is 573 g/mol. The van der Waals surface area contributed by atoms with Gasteiger partial charge in [0, 0.05) is 23.3 Å². The molecule has 2 unspecified atom stereocenters. The van der Waals surface area contributed by atoms with Crippen molar-refractivity contribution in [3.8, 4) is 0 Å². The quantitative estimate of drug-likeness (QED) is 0.350. The molecular weight excluding hydrogens is 535 g/mol. The highest BCUT2D eigenvalue weighted by atomic mass is 32.1. The summed E-state index contributed by atoms with van der Waals surface area (Å²) in [5, 5.41) is 33.2. The predicted octanol–water partition coefficient (Wildman–Crippen LogP) is 4.85. The molecule has 0 amide bonds. The summed E-state index contributed by atoms with van der Waals surface area (Å²) in [4.78, 5) is 30.4. The van der Waals surface area contributed by atoms with Crippen LogP contribution in [0.25, 0.3) is 6.08 Å². The standard InChI is InChI=1S/C28H38F3NO6S/c1-14(8-19-13-39-23(12-33)32-19)21-7-6-18(28(29,30)31)9-17-10-20(17)15(2)25(36)16(3)26(37)27(4,5)22(34)11-24(35)38-21/h6,8,13,15-17,20-22,25,33-34,36H,7,9-12H2,1-5H3/b14-8+,18-6+/t15-,16+,17?,20?,21+,22-,25-/m0/s1. The van der Waals surface area contributed by atoms with Crippen LogP contribution in [0.2, 0.25) is 0 Å². The van der Waals surface area contributed by atoms with Crippen LogP contribution in [0, 0.1) is 29.1 Å². The summed E-state index contributed by atoms with van der Waals surface area (Å²) in [5.41, 5.74) is -1.18. The number of carbonyl (C=O) groups is 2. The van der Waals surface area contributed by atoms with Crippen molar-refractivity contribution >= 4 is 29.2 Å². The van der Waals surface area contributed by atoms with Gasteiger partial charge in [0.05, 0.1) is 36.3 Å². The average molecular weight is 574 g/mol. The minimum Gasteiger partial charge on any atom is -0.457 e. The molecule has 0 bridgehead atoms. The molecule has 1 aromatic rings. The molecule has 39 heavy (non-hydrogen) atoms. The van der Waals surface area contributed by atoms with Gasteiger partial charge < -0.3 is 20.1 Å². The fraction of sp³-hybridized carbons (Fsp3) is 0.679. The van der Waals surface area contributed by atoms with Crippen molar-refractivity contribution in [3.63, 3.8) is 0 Å². The summed E-state index contributed by atoms with van der Waals surface area (Å²) in [6.45, 7) is 7.66. The third-order valence-corrected chi connectivity index (χ3v) is 9.08. The van der Waals surface area contributed by atoms with Gasteiger partial charge in [0.2, 0.25) is 0 Å². The Balaban J connectivity index is 1.98. The van der Waals surface area contributed by atoms with E-state index < -0.39 is 65.5 Å². The number of esters is 1. The van der Waals surface area contributed by atoms with Gasteiger partial charge in [-0.05, 0) is 49.2 Å². The third-order valence-electron chi connectivity index (χ3n) is 8.23. The van der Waals surface area contributed by atoms with Crippen LogP contribution in [0.1, 0.15) is 71.0 Å². The Labute approximate surface area is 230 Å². The zero-order valence-corrected chi connectivity index (χ0v) is 23.7. The van der Waals surface area contributed by atoms with Gasteiger partial charge in [-0.2, -0.15) is 13.2 Å². The van der Waals surface area contributed by atoms with E-state index in [2.05, 4.69) is 4.98 Å². The molecule has 11 heteroatoms. The van der Waals surface area contributed by atoms with Gasteiger partial charge in [-0.25, -0.2) is 4.98 Å². The fourth-order valence-electron chi connectivity index (χ4n) is 5.35. The molecule has 3 rings (SSSR count). The number of fused-ring (bicyclic) bond motifs is 1. The minimum atomic E-state index is -4.58. The van der Waals surface area contributed by atoms with Crippen LogP contribution in [0.5, 0.6) is 0 Å². The van der Waals surface area contributed by atoms with E-state index in [9.17, 15) is 38.1 Å². The zero-order valence-electron chi connectivity index (χ0n) is 22.9. The number of ketones is 1. The van der Waals surface area contributed by atoms with E-state index in [1.54, 1.807) is 32.2 Å². The molecule has 0 saturated heterocycles. The number of aliphatic hydroxyl groups is 3. The molecule has 1 aliphatic carbocycles. The highest BCUT2D eigenvalue weighted by molar-refractivity contribution is 7.09. The predicted molar refractivity (Wildman–Crippen MR) is 140 cm³/mol. The van der Waals surface area contributed by atoms with Crippen LogP contribution < -0.4 is 0 Å². The number of allylic oxidation sites excluding steroid dienone is 1. The molecule has 3 N–H and O–H groups in total. The molecule has 1 saturated carbocycles. The van der Waals surface area contributed by atoms with E-state index >= 15 is 0 Å². The number of alkyl halides is 3. The zero-order chi connectivity index (χ0) is 29.3. The van der Waals surface area contributed by atoms with Crippen LogP contribution in [0.4, 0.5) is 13.2 Å². The Morgan fingerprint density at radius 3 is 2.49 bits per heavy atom. The number of aliphatic hydroxyl groups excluding tert-OH is 3. The maximum absolute atomic E-state index is 14.0. The average Bonchev–Trinajstić information content (AvgIpc) is 3.49. The number of Topliss-reactive ketones (excluding diaryl/α,β-unsaturated/α-hetero) is 1. The first-order valence-corrected chi connectivity index (χ1v) is 14.0. The number of ether oxygens (including phenoxy) is 1. The molecule has 1 aromatic heterocycles. The second kappa shape index (κ2) is 12.2. The van der Waals surface area contributed by atoms with Gasteiger partial charge in [0.15, 0.2) is 0 Å². The number of thiazole rings is 1. The SMILES string of the molecule is C/C(=C\c1csc(CO)n1)[C@H]1C/C=C(/C(F)(F)F)CC2CC2[C@H](C)[C@H](O)[C@@H](C)C(=O)C(C)(C)[C@@H](O)CC(=O)O1. The number of cyclic esters (lactones) is 1. The van der Waals surface area contributed by atoms with Crippen molar-refractivity contribution in [1.29, 1.82) is 0 Å². The van der Waals surface area contributed by atoms with E-state index in [1.807, 2.05) is 0 Å². The molecule has 1 fully saturated rings. The number of hydrogen-bond donors (Lipinski definition) is 3. The van der Waals surface area contributed by atoms with Gasteiger partial charge in [-0.3, -0.25) is 9.59 Å². The van der Waals surface area contributed by atoms with E-state index in [0.29, 0.717) is 22.7 Å². The summed E-state index contributed by atoms with van der Waals surface area (Å²) >= 11 is 1.22.